The van der Waals surface area contributed by atoms with Gasteiger partial charge in [-0.2, -0.15) is 22.5 Å². The summed E-state index contributed by atoms with van der Waals surface area (Å²) in [4.78, 5) is 16.1. The van der Waals surface area contributed by atoms with Crippen molar-refractivity contribution in [2.45, 2.75) is 37.8 Å². The zero-order valence-corrected chi connectivity index (χ0v) is 25.3. The van der Waals surface area contributed by atoms with Gasteiger partial charge in [0.25, 0.3) is 0 Å². The number of thiazole rings is 1. The van der Waals surface area contributed by atoms with Crippen molar-refractivity contribution in [2.24, 2.45) is 0 Å². The summed E-state index contributed by atoms with van der Waals surface area (Å²) in [5, 5.41) is 14.2. The van der Waals surface area contributed by atoms with Crippen LogP contribution in [0, 0.1) is 0 Å². The summed E-state index contributed by atoms with van der Waals surface area (Å²) in [6.07, 6.45) is -7.11. The number of nitrogens with zero attached hydrogens (tertiary/aromatic N) is 6. The van der Waals surface area contributed by atoms with Gasteiger partial charge in [-0.3, -0.25) is 4.79 Å². The monoisotopic (exact) mass is 679 g/mol. The number of alkyl halides is 6. The highest BCUT2D eigenvalue weighted by Gasteiger charge is 2.33. The third-order valence-corrected chi connectivity index (χ3v) is 8.82. The van der Waals surface area contributed by atoms with Crippen molar-refractivity contribution >= 4 is 43.2 Å². The maximum Gasteiger partial charge on any atom is 0.573 e. The predicted octanol–water partition coefficient (Wildman–Crippen LogP) is 4.87. The lowest BCUT2D eigenvalue weighted by atomic mass is 10.2. The number of halogens is 6. The molecule has 19 heteroatoms. The summed E-state index contributed by atoms with van der Waals surface area (Å²) in [6, 6.07) is 8.80. The minimum absolute atomic E-state index is 0.157. The number of sulfonamides is 1. The number of nitrogens with one attached hydrogen (secondary N) is 1. The molecule has 0 unspecified atom stereocenters. The molecule has 0 atom stereocenters. The van der Waals surface area contributed by atoms with Crippen LogP contribution in [0.1, 0.15) is 25.0 Å². The maximum atomic E-state index is 12.7. The molecule has 4 aromatic rings. The van der Waals surface area contributed by atoms with Crippen LogP contribution in [0.5, 0.6) is 5.75 Å². The van der Waals surface area contributed by atoms with Crippen molar-refractivity contribution in [2.75, 3.05) is 31.1 Å². The van der Waals surface area contributed by atoms with Crippen molar-refractivity contribution in [1.82, 2.24) is 30.0 Å². The summed E-state index contributed by atoms with van der Waals surface area (Å²) in [5.74, 6) is -0.280. The normalized spacial score (nSPS) is 14.1. The van der Waals surface area contributed by atoms with Crippen LogP contribution in [0.3, 0.4) is 0 Å². The van der Waals surface area contributed by atoms with Crippen molar-refractivity contribution in [3.05, 3.63) is 65.9 Å². The first-order chi connectivity index (χ1) is 21.3. The Hall–Kier alpha value is -4.10. The van der Waals surface area contributed by atoms with Gasteiger partial charge < -0.3 is 15.0 Å². The molecule has 244 valence electrons. The van der Waals surface area contributed by atoms with E-state index in [0.29, 0.717) is 35.8 Å². The Balaban J connectivity index is 0.000000276. The summed E-state index contributed by atoms with van der Waals surface area (Å²) >= 11 is 1.39. The number of rotatable bonds is 7. The SMILES string of the molecule is CC.O=CNCc1ccc(OC(F)(F)F)cc1.O=S(=O)(c1ccc(C(F)(F)F)cc1)N1CCN(c2nc3nnncc3s2)CC1. The molecule has 0 spiro atoms. The van der Waals surface area contributed by atoms with Gasteiger partial charge in [-0.25, -0.2) is 8.42 Å². The number of anilines is 1. The summed E-state index contributed by atoms with van der Waals surface area (Å²) in [6.45, 7) is 5.48. The van der Waals surface area contributed by atoms with Gasteiger partial charge in [0.1, 0.15) is 5.75 Å². The van der Waals surface area contributed by atoms with Gasteiger partial charge in [-0.1, -0.05) is 37.3 Å². The van der Waals surface area contributed by atoms with E-state index in [1.807, 2.05) is 18.7 Å². The number of hydrogen-bond donors (Lipinski definition) is 1. The van der Waals surface area contributed by atoms with E-state index >= 15 is 0 Å². The van der Waals surface area contributed by atoms with Gasteiger partial charge in [0.05, 0.1) is 21.4 Å². The van der Waals surface area contributed by atoms with E-state index in [4.69, 9.17) is 0 Å². The molecule has 1 amide bonds. The van der Waals surface area contributed by atoms with Crippen molar-refractivity contribution in [1.29, 1.82) is 0 Å². The summed E-state index contributed by atoms with van der Waals surface area (Å²) in [7, 11) is -3.86. The number of fused-ring (bicyclic) bond motifs is 1. The molecule has 0 aliphatic carbocycles. The van der Waals surface area contributed by atoms with Crippen molar-refractivity contribution in [3.8, 4) is 5.75 Å². The molecule has 0 radical (unpaired) electrons. The number of aromatic nitrogens is 4. The van der Waals surface area contributed by atoms with Crippen LogP contribution in [-0.4, -0.2) is 72.1 Å². The lowest BCUT2D eigenvalue weighted by molar-refractivity contribution is -0.274. The third kappa shape index (κ3) is 9.95. The molecule has 11 nitrogen and oxygen atoms in total. The molecule has 1 aliphatic heterocycles. The zero-order valence-electron chi connectivity index (χ0n) is 23.7. The molecular weight excluding hydrogens is 652 g/mol. The molecule has 0 bridgehead atoms. The molecule has 1 saturated heterocycles. The second-order valence-electron chi connectivity index (χ2n) is 8.72. The largest absolute Gasteiger partial charge is 0.573 e. The highest BCUT2D eigenvalue weighted by Crippen LogP contribution is 2.31. The molecule has 1 N–H and O–H groups in total. The second-order valence-corrected chi connectivity index (χ2v) is 11.7. The number of benzene rings is 2. The standard InChI is InChI=1S/C15H13F3N6O2S2.C9H8F3NO2.C2H6/c16-15(17,18)10-1-3-11(4-2-10)28(25,26)24-7-5-23(6-8-24)14-20-13-12(27-14)9-19-22-21-13;10-9(11,12)15-8-3-1-7(2-4-8)5-13-6-14;1-2/h1-4,9H,5-8H2;1-4,6H,5H2,(H,13,14);1-2H3. The number of amides is 1. The highest BCUT2D eigenvalue weighted by atomic mass is 32.2. The van der Waals surface area contributed by atoms with Crippen molar-refractivity contribution < 1.29 is 44.3 Å². The van der Waals surface area contributed by atoms with Gasteiger partial charge in [0.2, 0.25) is 16.4 Å². The van der Waals surface area contributed by atoms with Crippen LogP contribution < -0.4 is 15.0 Å². The van der Waals surface area contributed by atoms with Gasteiger partial charge in [-0.15, -0.1) is 23.4 Å². The summed E-state index contributed by atoms with van der Waals surface area (Å²) in [5.41, 5.74) is 0.288. The minimum atomic E-state index is -4.68. The Labute approximate surface area is 257 Å². The zero-order chi connectivity index (χ0) is 33.3. The Kier molecular flexibility index (Phi) is 12.0. The van der Waals surface area contributed by atoms with E-state index in [0.717, 1.165) is 29.0 Å². The number of carbonyl (C=O) groups is 1. The molecule has 1 fully saturated rings. The van der Waals surface area contributed by atoms with E-state index < -0.39 is 28.1 Å². The number of ether oxygens (including phenoxy) is 1. The van der Waals surface area contributed by atoms with Gasteiger partial charge >= 0.3 is 12.5 Å². The highest BCUT2D eigenvalue weighted by molar-refractivity contribution is 7.89. The first kappa shape index (κ1) is 35.4. The molecule has 3 heterocycles. The third-order valence-electron chi connectivity index (χ3n) is 5.86. The average molecular weight is 680 g/mol. The average Bonchev–Trinajstić information content (AvgIpc) is 3.46. The Morgan fingerprint density at radius 2 is 1.58 bits per heavy atom. The first-order valence-electron chi connectivity index (χ1n) is 13.2. The number of hydrogen-bond acceptors (Lipinski definition) is 10. The number of piperazine rings is 1. The molecule has 5 rings (SSSR count). The molecule has 45 heavy (non-hydrogen) atoms. The fourth-order valence-corrected chi connectivity index (χ4v) is 6.14. The minimum Gasteiger partial charge on any atom is -0.406 e. The first-order valence-corrected chi connectivity index (χ1v) is 15.4. The Morgan fingerprint density at radius 3 is 2.11 bits per heavy atom. The van der Waals surface area contributed by atoms with Gasteiger partial charge in [-0.05, 0) is 47.2 Å². The molecule has 2 aromatic heterocycles. The Morgan fingerprint density at radius 1 is 0.956 bits per heavy atom. The molecule has 1 aliphatic rings. The summed E-state index contributed by atoms with van der Waals surface area (Å²) < 4.78 is 104. The quantitative estimate of drug-likeness (QED) is 0.215. The predicted molar refractivity (Wildman–Crippen MR) is 153 cm³/mol. The van der Waals surface area contributed by atoms with E-state index in [9.17, 15) is 39.6 Å². The Bertz CT molecular complexity index is 1590. The fourth-order valence-electron chi connectivity index (χ4n) is 3.80. The van der Waals surface area contributed by atoms with E-state index in [-0.39, 0.29) is 30.3 Å². The van der Waals surface area contributed by atoms with Gasteiger partial charge in [0.15, 0.2) is 10.8 Å². The van der Waals surface area contributed by atoms with Crippen LogP contribution in [0.15, 0.2) is 59.6 Å². The second kappa shape index (κ2) is 15.3. The van der Waals surface area contributed by atoms with Gasteiger partial charge in [0, 0.05) is 32.7 Å². The van der Waals surface area contributed by atoms with E-state index in [2.05, 4.69) is 30.4 Å². The van der Waals surface area contributed by atoms with Crippen LogP contribution in [0.2, 0.25) is 0 Å². The van der Waals surface area contributed by atoms with Crippen molar-refractivity contribution in [3.63, 3.8) is 0 Å². The maximum absolute atomic E-state index is 12.7. The van der Waals surface area contributed by atoms with Crippen LogP contribution in [-0.2, 0) is 27.5 Å². The lowest BCUT2D eigenvalue weighted by Crippen LogP contribution is -2.48. The van der Waals surface area contributed by atoms with Crippen LogP contribution in [0.4, 0.5) is 31.5 Å². The molecular formula is C26H27F6N7O4S2. The topological polar surface area (TPSA) is 131 Å². The number of carbonyl (C=O) groups excluding carboxylic acids is 1. The van der Waals surface area contributed by atoms with Crippen LogP contribution >= 0.6 is 11.3 Å². The lowest BCUT2D eigenvalue weighted by Gasteiger charge is -2.33. The molecule has 2 aromatic carbocycles. The van der Waals surface area contributed by atoms with Crippen LogP contribution in [0.25, 0.3) is 10.3 Å². The fraction of sp³-hybridized carbons (Fsp3) is 0.346. The molecule has 0 saturated carbocycles. The smallest absolute Gasteiger partial charge is 0.406 e. The van der Waals surface area contributed by atoms with E-state index in [1.165, 1.54) is 39.9 Å². The van der Waals surface area contributed by atoms with E-state index in [1.54, 1.807) is 6.20 Å².